The SMILES string of the molecule is COc1ccc2c(c1)C(=O)N(CC1(C#Cc3cccnc3)NC(=O)NC1=O)CC2.COc1ccc2c(c1)C(=O)N(C[C@@]1(C#Cc3ccc4[nH]ccc4c3)NC(=O)NC1=O)C2.COc1ccc2c(c1)C(=O)N(C[C@@]1(C#Cc3ccc4cc[nH]c4c3)NC(=O)NC1=O)C2.COc1ccc2c(c1)C(=O)N(C[C@]1(C#Cc3ccc4[nH]ccc4c3)NC(=O)NC1=O)C2. The zero-order valence-corrected chi connectivity index (χ0v) is 65.5. The number of methoxy groups -OCH3 is 4. The van der Waals surface area contributed by atoms with E-state index in [1.807, 2.05) is 122 Å². The number of hydrogen-bond acceptors (Lipinski definition) is 17. The smallest absolute Gasteiger partial charge is 0.323 e. The van der Waals surface area contributed by atoms with E-state index >= 15 is 0 Å². The summed E-state index contributed by atoms with van der Waals surface area (Å²) in [5.41, 5.74) is 4.89. The van der Waals surface area contributed by atoms with Crippen molar-refractivity contribution < 1.29 is 76.5 Å². The fourth-order valence-electron chi connectivity index (χ4n) is 15.2. The molecular weight excluding hydrogens is 1560 g/mol. The number of aromatic amines is 3. The van der Waals surface area contributed by atoms with Crippen LogP contribution in [0, 0.1) is 47.4 Å². The van der Waals surface area contributed by atoms with Gasteiger partial charge in [-0.05, 0) is 161 Å². The number of fused-ring (bicyclic) bond motifs is 7. The molecule has 32 heteroatoms. The number of imide groups is 4. The van der Waals surface area contributed by atoms with E-state index in [4.69, 9.17) is 18.9 Å². The van der Waals surface area contributed by atoms with Crippen LogP contribution in [0.15, 0.2) is 189 Å². The minimum Gasteiger partial charge on any atom is -0.497 e. The topological polar surface area (TPSA) is 411 Å². The lowest BCUT2D eigenvalue weighted by Gasteiger charge is -2.33. The summed E-state index contributed by atoms with van der Waals surface area (Å²) in [6.07, 6.45) is 9.30. The van der Waals surface area contributed by atoms with E-state index in [9.17, 15) is 57.5 Å². The fourth-order valence-corrected chi connectivity index (χ4v) is 15.2. The normalized spacial score (nSPS) is 19.8. The number of carbonyl (C=O) groups is 12. The van der Waals surface area contributed by atoms with Crippen LogP contribution in [0.1, 0.15) is 85.9 Å². The largest absolute Gasteiger partial charge is 0.497 e. The molecule has 1 unspecified atom stereocenters. The van der Waals surface area contributed by atoms with Gasteiger partial charge in [0.2, 0.25) is 22.2 Å². The minimum atomic E-state index is -1.54. The third-order valence-corrected chi connectivity index (χ3v) is 21.6. The molecule has 0 spiro atoms. The number of rotatable bonds is 12. The standard InChI is InChI=1S/3C23H18N4O4.C21H18N4O4/c2*1-31-17-4-3-16-12-27(20(28)18(16)11-17)13-23(21(29)25-22(30)26-23)8-6-14-2-5-19-15(10-14)7-9-24-19;1-31-17-5-4-16-12-27(20(28)18(16)11-17)13-23(21(29)25-22(30)26-23)8-6-14-2-3-15-7-9-24-19(15)10-14;1-29-16-5-4-15-7-10-25(18(26)17(15)11-16)13-21(19(27)23-20(28)24-21)8-6-14-3-2-9-22-12-14/h3*2-5,7,9-11,24H,12-13H2,1H3,(H2,25,26,29,30);2-5,9,11-12H,7,10,13H2,1H3,(H2,23,24,27,28)/t3*23-;/m101./s1. The number of benzene rings is 7. The third-order valence-electron chi connectivity index (χ3n) is 21.6. The number of hydrogen-bond donors (Lipinski definition) is 11. The van der Waals surface area contributed by atoms with Gasteiger partial charge >= 0.3 is 24.1 Å². The molecule has 122 heavy (non-hydrogen) atoms. The molecule has 0 saturated carbocycles. The molecule has 11 aromatic rings. The van der Waals surface area contributed by atoms with Crippen LogP contribution >= 0.6 is 0 Å². The van der Waals surface area contributed by atoms with Crippen LogP contribution in [-0.2, 0) is 45.2 Å². The van der Waals surface area contributed by atoms with Crippen LogP contribution in [-0.4, -0.2) is 194 Å². The highest BCUT2D eigenvalue weighted by Crippen LogP contribution is 2.34. The van der Waals surface area contributed by atoms with Gasteiger partial charge in [-0.25, -0.2) is 19.2 Å². The summed E-state index contributed by atoms with van der Waals surface area (Å²) >= 11 is 0. The van der Waals surface area contributed by atoms with Crippen LogP contribution < -0.4 is 61.5 Å². The van der Waals surface area contributed by atoms with Crippen LogP contribution in [0.5, 0.6) is 23.0 Å². The Morgan fingerprint density at radius 3 is 1.05 bits per heavy atom. The first kappa shape index (κ1) is 79.2. The van der Waals surface area contributed by atoms with E-state index < -0.39 is 69.9 Å². The van der Waals surface area contributed by atoms with E-state index in [1.54, 1.807) is 67.0 Å². The summed E-state index contributed by atoms with van der Waals surface area (Å²) in [5.74, 6) is 22.5. The van der Waals surface area contributed by atoms with Crippen molar-refractivity contribution >= 4 is 104 Å². The van der Waals surface area contributed by atoms with Crippen molar-refractivity contribution in [1.82, 2.24) is 82.1 Å². The molecule has 4 saturated heterocycles. The maximum Gasteiger partial charge on any atom is 0.323 e. The van der Waals surface area contributed by atoms with Gasteiger partial charge in [0.25, 0.3) is 47.3 Å². The molecule has 32 nitrogen and oxygen atoms in total. The van der Waals surface area contributed by atoms with Gasteiger partial charge in [-0.3, -0.25) is 64.6 Å². The summed E-state index contributed by atoms with van der Waals surface area (Å²) in [5, 5.41) is 22.4. The summed E-state index contributed by atoms with van der Waals surface area (Å²) in [7, 11) is 6.14. The average molecular weight is 1630 g/mol. The molecule has 16 amide bonds. The van der Waals surface area contributed by atoms with Gasteiger partial charge in [0, 0.05) is 129 Å². The first-order chi connectivity index (χ1) is 58.9. The summed E-state index contributed by atoms with van der Waals surface area (Å²) < 4.78 is 20.8. The molecule has 11 N–H and O–H groups in total. The number of nitrogens with zero attached hydrogens (tertiary/aromatic N) is 5. The van der Waals surface area contributed by atoms with Gasteiger partial charge in [0.1, 0.15) is 23.0 Å². The lowest BCUT2D eigenvalue weighted by Crippen LogP contribution is -2.56. The molecule has 7 aromatic carbocycles. The maximum atomic E-state index is 13.0. The second-order valence-electron chi connectivity index (χ2n) is 29.4. The Balaban J connectivity index is 0.000000121. The zero-order valence-electron chi connectivity index (χ0n) is 65.5. The number of H-pyrrole nitrogens is 3. The van der Waals surface area contributed by atoms with Gasteiger partial charge in [0.15, 0.2) is 0 Å². The van der Waals surface area contributed by atoms with Crippen molar-refractivity contribution in [3.8, 4) is 70.4 Å². The fraction of sp³-hybridized carbons (Fsp3) is 0.189. The highest BCUT2D eigenvalue weighted by molar-refractivity contribution is 6.13. The Bertz CT molecular complexity index is 6080. The average Bonchev–Trinajstić information content (AvgIpc) is 1.61. The molecule has 0 aliphatic carbocycles. The lowest BCUT2D eigenvalue weighted by atomic mass is 9.94. The lowest BCUT2D eigenvalue weighted by molar-refractivity contribution is -0.123. The van der Waals surface area contributed by atoms with Crippen molar-refractivity contribution in [2.24, 2.45) is 0 Å². The van der Waals surface area contributed by atoms with Crippen molar-refractivity contribution in [2.75, 3.05) is 61.2 Å². The van der Waals surface area contributed by atoms with Crippen molar-refractivity contribution in [3.05, 3.63) is 255 Å². The minimum absolute atomic E-state index is 0.0622. The molecule has 4 fully saturated rings. The first-order valence-electron chi connectivity index (χ1n) is 38.1. The number of aromatic nitrogens is 4. The molecular formula is C90H72N16O16. The molecule has 0 bridgehead atoms. The highest BCUT2D eigenvalue weighted by Gasteiger charge is 2.52. The maximum absolute atomic E-state index is 13.0. The number of pyridine rings is 1. The molecule has 8 aliphatic rings. The van der Waals surface area contributed by atoms with Crippen molar-refractivity contribution in [2.45, 2.75) is 48.2 Å². The molecule has 19 rings (SSSR count). The summed E-state index contributed by atoms with van der Waals surface area (Å²) in [4.78, 5) is 170. The quantitative estimate of drug-likeness (QED) is 0.0493. The first-order valence-corrected chi connectivity index (χ1v) is 38.1. The van der Waals surface area contributed by atoms with E-state index in [2.05, 4.69) is 110 Å². The number of nitrogens with one attached hydrogen (secondary N) is 11. The van der Waals surface area contributed by atoms with Crippen LogP contribution in [0.2, 0.25) is 0 Å². The van der Waals surface area contributed by atoms with Crippen LogP contribution in [0.4, 0.5) is 19.2 Å². The predicted molar refractivity (Wildman–Crippen MR) is 440 cm³/mol. The second-order valence-corrected chi connectivity index (χ2v) is 29.4. The Labute approximate surface area is 694 Å². The summed E-state index contributed by atoms with van der Waals surface area (Å²) in [6.45, 7) is 1.10. The van der Waals surface area contributed by atoms with Gasteiger partial charge in [-0.15, -0.1) is 0 Å². The van der Waals surface area contributed by atoms with E-state index in [1.165, 1.54) is 48.0 Å². The number of ether oxygens (including phenoxy) is 4. The predicted octanol–water partition coefficient (Wildman–Crippen LogP) is 6.01. The molecule has 4 atom stereocenters. The van der Waals surface area contributed by atoms with Gasteiger partial charge < -0.3 is 74.8 Å². The van der Waals surface area contributed by atoms with Crippen LogP contribution in [0.25, 0.3) is 32.7 Å². The Morgan fingerprint density at radius 1 is 0.344 bits per heavy atom. The molecule has 0 radical (unpaired) electrons. The number of urea groups is 4. The monoisotopic (exact) mass is 1630 g/mol. The molecule has 12 heterocycles. The van der Waals surface area contributed by atoms with E-state index in [0.29, 0.717) is 100 Å². The van der Waals surface area contributed by atoms with Gasteiger partial charge in [-0.2, -0.15) is 0 Å². The van der Waals surface area contributed by atoms with E-state index in [0.717, 1.165) is 55.0 Å². The second kappa shape index (κ2) is 32.5. The molecule has 608 valence electrons. The van der Waals surface area contributed by atoms with E-state index in [-0.39, 0.29) is 49.8 Å². The number of amides is 16. The van der Waals surface area contributed by atoms with Gasteiger partial charge in [-0.1, -0.05) is 77.7 Å². The van der Waals surface area contributed by atoms with Crippen LogP contribution in [0.3, 0.4) is 0 Å². The summed E-state index contributed by atoms with van der Waals surface area (Å²) in [6, 6.07) is 44.8. The van der Waals surface area contributed by atoms with Crippen molar-refractivity contribution in [3.63, 3.8) is 0 Å². The van der Waals surface area contributed by atoms with Gasteiger partial charge in [0.05, 0.1) is 54.6 Å². The molecule has 4 aromatic heterocycles. The molecule has 8 aliphatic heterocycles. The zero-order chi connectivity index (χ0) is 85.2. The third kappa shape index (κ3) is 15.9. The van der Waals surface area contributed by atoms with Crippen molar-refractivity contribution in [1.29, 1.82) is 0 Å². The highest BCUT2D eigenvalue weighted by atomic mass is 16.5. The Hall–Kier alpha value is -16.6. The Kier molecular flexibility index (Phi) is 21.1. The number of carbonyl (C=O) groups excluding carboxylic acids is 12. The Morgan fingerprint density at radius 2 is 0.680 bits per heavy atom.